The zero-order valence-electron chi connectivity index (χ0n) is 10.4. The number of morpholine rings is 1. The van der Waals surface area contributed by atoms with E-state index in [4.69, 9.17) is 4.74 Å². The van der Waals surface area contributed by atoms with Crippen LogP contribution in [0.3, 0.4) is 0 Å². The third kappa shape index (κ3) is 2.86. The fourth-order valence-corrected chi connectivity index (χ4v) is 2.23. The van der Waals surface area contributed by atoms with Gasteiger partial charge in [0.05, 0.1) is 12.6 Å². The molecule has 92 valence electrons. The molecule has 0 saturated carbocycles. The van der Waals surface area contributed by atoms with E-state index in [-0.39, 0.29) is 18.1 Å². The van der Waals surface area contributed by atoms with Crippen LogP contribution in [-0.4, -0.2) is 30.0 Å². The maximum atomic E-state index is 11.8. The fourth-order valence-electron chi connectivity index (χ4n) is 2.23. The highest BCUT2D eigenvalue weighted by atomic mass is 16.5. The largest absolute Gasteiger partial charge is 0.367 e. The molecule has 1 amide bonds. The summed E-state index contributed by atoms with van der Waals surface area (Å²) in [5, 5.41) is 0. The van der Waals surface area contributed by atoms with Gasteiger partial charge in [0.15, 0.2) is 0 Å². The van der Waals surface area contributed by atoms with Crippen molar-refractivity contribution in [2.24, 2.45) is 0 Å². The van der Waals surface area contributed by atoms with Crippen molar-refractivity contribution in [3.63, 3.8) is 0 Å². The minimum absolute atomic E-state index is 0.00968. The Hall–Kier alpha value is -1.35. The van der Waals surface area contributed by atoms with Gasteiger partial charge in [0, 0.05) is 13.0 Å². The number of hydrogen-bond donors (Lipinski definition) is 0. The van der Waals surface area contributed by atoms with Crippen molar-refractivity contribution in [1.82, 2.24) is 4.90 Å². The lowest BCUT2D eigenvalue weighted by Crippen LogP contribution is -2.45. The molecule has 1 saturated heterocycles. The van der Waals surface area contributed by atoms with Gasteiger partial charge in [-0.3, -0.25) is 4.79 Å². The number of nitrogens with zero attached hydrogens (tertiary/aromatic N) is 1. The van der Waals surface area contributed by atoms with Gasteiger partial charge in [-0.2, -0.15) is 0 Å². The molecule has 2 atom stereocenters. The van der Waals surface area contributed by atoms with Crippen molar-refractivity contribution >= 4 is 5.91 Å². The summed E-state index contributed by atoms with van der Waals surface area (Å²) in [5.74, 6) is 0.209. The van der Waals surface area contributed by atoms with Gasteiger partial charge in [-0.15, -0.1) is 0 Å². The van der Waals surface area contributed by atoms with Crippen molar-refractivity contribution in [2.45, 2.75) is 32.5 Å². The van der Waals surface area contributed by atoms with Gasteiger partial charge in [-0.05, 0) is 12.5 Å². The summed E-state index contributed by atoms with van der Waals surface area (Å²) < 4.78 is 5.90. The summed E-state index contributed by atoms with van der Waals surface area (Å²) in [6.45, 7) is 5.29. The molecular formula is C14H19NO2. The molecule has 1 aliphatic heterocycles. The van der Waals surface area contributed by atoms with Crippen LogP contribution in [0.1, 0.15) is 31.9 Å². The lowest BCUT2D eigenvalue weighted by atomic mass is 10.1. The van der Waals surface area contributed by atoms with E-state index in [1.165, 1.54) is 0 Å². The number of carbonyl (C=O) groups is 1. The fraction of sp³-hybridized carbons (Fsp3) is 0.500. The minimum atomic E-state index is 0.00968. The summed E-state index contributed by atoms with van der Waals surface area (Å²) in [6, 6.07) is 10.1. The maximum Gasteiger partial charge on any atom is 0.222 e. The quantitative estimate of drug-likeness (QED) is 0.785. The predicted molar refractivity (Wildman–Crippen MR) is 66.6 cm³/mol. The highest BCUT2D eigenvalue weighted by molar-refractivity contribution is 5.76. The van der Waals surface area contributed by atoms with Gasteiger partial charge in [-0.1, -0.05) is 37.3 Å². The molecule has 0 bridgehead atoms. The zero-order valence-corrected chi connectivity index (χ0v) is 10.4. The second-order valence-electron chi connectivity index (χ2n) is 4.50. The molecule has 2 rings (SSSR count). The minimum Gasteiger partial charge on any atom is -0.367 e. The number of ether oxygens (including phenoxy) is 1. The third-order valence-corrected chi connectivity index (χ3v) is 3.09. The summed E-state index contributed by atoms with van der Waals surface area (Å²) in [6.07, 6.45) is 0.675. The predicted octanol–water partition coefficient (Wildman–Crippen LogP) is 2.39. The van der Waals surface area contributed by atoms with Gasteiger partial charge >= 0.3 is 0 Å². The highest BCUT2D eigenvalue weighted by Crippen LogP contribution is 2.25. The summed E-state index contributed by atoms with van der Waals surface area (Å²) in [4.78, 5) is 13.7. The lowest BCUT2D eigenvalue weighted by Gasteiger charge is -2.37. The van der Waals surface area contributed by atoms with Crippen LogP contribution in [-0.2, 0) is 9.53 Å². The molecule has 0 spiro atoms. The first kappa shape index (κ1) is 12.1. The first-order valence-electron chi connectivity index (χ1n) is 6.19. The van der Waals surface area contributed by atoms with Gasteiger partial charge in [0.2, 0.25) is 5.91 Å². The molecule has 17 heavy (non-hydrogen) atoms. The first-order valence-corrected chi connectivity index (χ1v) is 6.19. The molecule has 1 aliphatic rings. The van der Waals surface area contributed by atoms with E-state index < -0.39 is 0 Å². The number of carbonyl (C=O) groups excluding carboxylic acids is 1. The number of amides is 1. The summed E-state index contributed by atoms with van der Waals surface area (Å²) in [5.41, 5.74) is 1.15. The van der Waals surface area contributed by atoms with E-state index in [9.17, 15) is 4.79 Å². The Labute approximate surface area is 102 Å². The molecule has 0 radical (unpaired) electrons. The number of hydrogen-bond acceptors (Lipinski definition) is 2. The first-order chi connectivity index (χ1) is 8.20. The van der Waals surface area contributed by atoms with Crippen LogP contribution in [0.15, 0.2) is 30.3 Å². The maximum absolute atomic E-state index is 11.8. The van der Waals surface area contributed by atoms with Crippen LogP contribution in [0.5, 0.6) is 0 Å². The molecule has 3 nitrogen and oxygen atoms in total. The summed E-state index contributed by atoms with van der Waals surface area (Å²) >= 11 is 0. The van der Waals surface area contributed by atoms with Crippen molar-refractivity contribution in [3.05, 3.63) is 35.9 Å². The average molecular weight is 233 g/mol. The molecule has 1 heterocycles. The molecule has 1 aromatic carbocycles. The zero-order chi connectivity index (χ0) is 12.3. The Bertz CT molecular complexity index is 377. The Morgan fingerprint density at radius 2 is 2.06 bits per heavy atom. The molecule has 1 fully saturated rings. The van der Waals surface area contributed by atoms with Crippen LogP contribution in [0.4, 0.5) is 0 Å². The van der Waals surface area contributed by atoms with Gasteiger partial charge < -0.3 is 9.64 Å². The molecule has 3 heteroatoms. The van der Waals surface area contributed by atoms with Crippen LogP contribution in [0, 0.1) is 0 Å². The van der Waals surface area contributed by atoms with E-state index in [0.29, 0.717) is 19.5 Å². The van der Waals surface area contributed by atoms with E-state index in [1.54, 1.807) is 0 Å². The van der Waals surface area contributed by atoms with Crippen molar-refractivity contribution in [3.8, 4) is 0 Å². The van der Waals surface area contributed by atoms with Crippen LogP contribution < -0.4 is 0 Å². The van der Waals surface area contributed by atoms with E-state index in [2.05, 4.69) is 12.1 Å². The smallest absolute Gasteiger partial charge is 0.222 e. The van der Waals surface area contributed by atoms with Gasteiger partial charge in [0.1, 0.15) is 6.10 Å². The normalized spacial score (nSPS) is 24.7. The SMILES string of the molecule is CCC(=O)N1C[C@@H](C)O[C@H](c2ccccc2)C1. The van der Waals surface area contributed by atoms with Gasteiger partial charge in [-0.25, -0.2) is 0 Å². The second-order valence-corrected chi connectivity index (χ2v) is 4.50. The average Bonchev–Trinajstić information content (AvgIpc) is 2.38. The summed E-state index contributed by atoms with van der Waals surface area (Å²) in [7, 11) is 0. The van der Waals surface area contributed by atoms with Crippen LogP contribution in [0.2, 0.25) is 0 Å². The monoisotopic (exact) mass is 233 g/mol. The Kier molecular flexibility index (Phi) is 3.79. The Morgan fingerprint density at radius 1 is 1.35 bits per heavy atom. The van der Waals surface area contributed by atoms with Crippen molar-refractivity contribution < 1.29 is 9.53 Å². The molecule has 0 unspecified atom stereocenters. The molecule has 0 N–H and O–H groups in total. The molecule has 0 aliphatic carbocycles. The van der Waals surface area contributed by atoms with Crippen LogP contribution >= 0.6 is 0 Å². The third-order valence-electron chi connectivity index (χ3n) is 3.09. The number of rotatable bonds is 2. The van der Waals surface area contributed by atoms with E-state index in [1.807, 2.05) is 36.9 Å². The Morgan fingerprint density at radius 3 is 2.71 bits per heavy atom. The Balaban J connectivity index is 2.11. The van der Waals surface area contributed by atoms with Crippen LogP contribution in [0.25, 0.3) is 0 Å². The number of benzene rings is 1. The van der Waals surface area contributed by atoms with E-state index in [0.717, 1.165) is 5.56 Å². The standard InChI is InChI=1S/C14H19NO2/c1-3-14(16)15-9-11(2)17-13(10-15)12-7-5-4-6-8-12/h4-8,11,13H,3,9-10H2,1-2H3/t11-,13+/m1/s1. The lowest BCUT2D eigenvalue weighted by molar-refractivity contribution is -0.144. The highest BCUT2D eigenvalue weighted by Gasteiger charge is 2.28. The second kappa shape index (κ2) is 5.32. The molecule has 0 aromatic heterocycles. The topological polar surface area (TPSA) is 29.5 Å². The van der Waals surface area contributed by atoms with Crippen molar-refractivity contribution in [2.75, 3.05) is 13.1 Å². The van der Waals surface area contributed by atoms with E-state index >= 15 is 0 Å². The molecular weight excluding hydrogens is 214 g/mol. The molecule has 1 aromatic rings. The van der Waals surface area contributed by atoms with Gasteiger partial charge in [0.25, 0.3) is 0 Å². The van der Waals surface area contributed by atoms with Crippen molar-refractivity contribution in [1.29, 1.82) is 0 Å².